The number of aromatic nitrogens is 2. The van der Waals surface area contributed by atoms with Gasteiger partial charge in [-0.1, -0.05) is 50.9 Å². The normalized spacial score (nSPS) is 10.6. The summed E-state index contributed by atoms with van der Waals surface area (Å²) in [5.74, 6) is 1.14. The second-order valence-corrected chi connectivity index (χ2v) is 7.36. The summed E-state index contributed by atoms with van der Waals surface area (Å²) in [6, 6.07) is 15.7. The summed E-state index contributed by atoms with van der Waals surface area (Å²) in [6.45, 7) is 2.25. The van der Waals surface area contributed by atoms with E-state index >= 15 is 0 Å². The van der Waals surface area contributed by atoms with Gasteiger partial charge in [-0.25, -0.2) is 0 Å². The van der Waals surface area contributed by atoms with E-state index in [1.165, 1.54) is 17.3 Å². The first-order valence-electron chi connectivity index (χ1n) is 7.65. The van der Waals surface area contributed by atoms with Gasteiger partial charge in [0.25, 0.3) is 0 Å². The number of nitrogens with one attached hydrogen (secondary N) is 1. The third-order valence-electron chi connectivity index (χ3n) is 3.38. The lowest BCUT2D eigenvalue weighted by Crippen LogP contribution is -2.24. The fourth-order valence-corrected chi connectivity index (χ4v) is 3.21. The highest BCUT2D eigenvalue weighted by molar-refractivity contribution is 9.10. The molecule has 0 bridgehead atoms. The minimum Gasteiger partial charge on any atom is -0.346 e. The zero-order chi connectivity index (χ0) is 17.6. The molecule has 0 fully saturated rings. The van der Waals surface area contributed by atoms with Gasteiger partial charge < -0.3 is 9.84 Å². The van der Waals surface area contributed by atoms with Crippen LogP contribution in [-0.2, 0) is 11.3 Å². The number of hydrogen-bond acceptors (Lipinski definition) is 5. The summed E-state index contributed by atoms with van der Waals surface area (Å²) in [5, 5.41) is 6.74. The van der Waals surface area contributed by atoms with Gasteiger partial charge in [0.1, 0.15) is 0 Å². The van der Waals surface area contributed by atoms with Gasteiger partial charge in [0, 0.05) is 14.9 Å². The van der Waals surface area contributed by atoms with Crippen molar-refractivity contribution < 1.29 is 9.32 Å². The summed E-state index contributed by atoms with van der Waals surface area (Å²) < 4.78 is 6.13. The molecule has 7 heteroatoms. The van der Waals surface area contributed by atoms with E-state index in [9.17, 15) is 4.79 Å². The predicted octanol–water partition coefficient (Wildman–Crippen LogP) is 4.22. The van der Waals surface area contributed by atoms with Crippen LogP contribution in [0.15, 0.2) is 62.4 Å². The highest BCUT2D eigenvalue weighted by atomic mass is 79.9. The Morgan fingerprint density at radius 1 is 1.24 bits per heavy atom. The number of thioether (sulfide) groups is 1. The second kappa shape index (κ2) is 8.31. The molecule has 5 nitrogen and oxygen atoms in total. The van der Waals surface area contributed by atoms with Crippen molar-refractivity contribution in [3.63, 3.8) is 0 Å². The number of halogens is 1. The molecule has 0 radical (unpaired) electrons. The molecule has 128 valence electrons. The minimum absolute atomic E-state index is 0.0761. The molecule has 2 aromatic carbocycles. The molecule has 3 aromatic rings. The Balaban J connectivity index is 1.50. The van der Waals surface area contributed by atoms with Gasteiger partial charge in [0.2, 0.25) is 17.6 Å². The van der Waals surface area contributed by atoms with Crippen LogP contribution in [-0.4, -0.2) is 21.8 Å². The highest BCUT2D eigenvalue weighted by Crippen LogP contribution is 2.20. The number of carbonyl (C=O) groups excluding carboxylic acids is 1. The van der Waals surface area contributed by atoms with Crippen LogP contribution in [0.3, 0.4) is 0 Å². The SMILES string of the molecule is Cc1ccc(SCC(=O)NCc2nc(-c3cccc(Br)c3)no2)cc1. The van der Waals surface area contributed by atoms with Crippen molar-refractivity contribution in [3.8, 4) is 11.4 Å². The zero-order valence-electron chi connectivity index (χ0n) is 13.5. The summed E-state index contributed by atoms with van der Waals surface area (Å²) in [7, 11) is 0. The maximum absolute atomic E-state index is 12.0. The van der Waals surface area contributed by atoms with Crippen molar-refractivity contribution in [1.29, 1.82) is 0 Å². The molecule has 0 saturated carbocycles. The van der Waals surface area contributed by atoms with Crippen molar-refractivity contribution >= 4 is 33.6 Å². The van der Waals surface area contributed by atoms with Crippen molar-refractivity contribution in [2.75, 3.05) is 5.75 Å². The maximum Gasteiger partial charge on any atom is 0.246 e. The Labute approximate surface area is 158 Å². The third kappa shape index (κ3) is 5.17. The molecule has 0 atom stereocenters. The monoisotopic (exact) mass is 417 g/mol. The van der Waals surface area contributed by atoms with Crippen molar-refractivity contribution in [2.45, 2.75) is 18.4 Å². The van der Waals surface area contributed by atoms with Gasteiger partial charge in [-0.2, -0.15) is 4.98 Å². The van der Waals surface area contributed by atoms with E-state index in [1.807, 2.05) is 55.5 Å². The van der Waals surface area contributed by atoms with Crippen LogP contribution in [0.5, 0.6) is 0 Å². The number of amides is 1. The molecule has 0 spiro atoms. The molecule has 25 heavy (non-hydrogen) atoms. The molecule has 0 aliphatic carbocycles. The average Bonchev–Trinajstić information content (AvgIpc) is 3.08. The zero-order valence-corrected chi connectivity index (χ0v) is 15.9. The average molecular weight is 418 g/mol. The molecule has 1 aromatic heterocycles. The fourth-order valence-electron chi connectivity index (χ4n) is 2.08. The summed E-state index contributed by atoms with van der Waals surface area (Å²) in [6.07, 6.45) is 0. The molecule has 1 amide bonds. The van der Waals surface area contributed by atoms with Crippen molar-refractivity contribution in [2.24, 2.45) is 0 Å². The lowest BCUT2D eigenvalue weighted by Gasteiger charge is -2.03. The van der Waals surface area contributed by atoms with Gasteiger partial charge >= 0.3 is 0 Å². The standard InChI is InChI=1S/C18H16BrN3O2S/c1-12-5-7-15(8-6-12)25-11-16(23)20-10-17-21-18(22-24-17)13-3-2-4-14(19)9-13/h2-9H,10-11H2,1H3,(H,20,23). The largest absolute Gasteiger partial charge is 0.346 e. The Bertz CT molecular complexity index is 865. The van der Waals surface area contributed by atoms with Crippen LogP contribution in [0, 0.1) is 6.92 Å². The van der Waals surface area contributed by atoms with Crippen LogP contribution in [0.2, 0.25) is 0 Å². The first kappa shape index (κ1) is 17.7. The summed E-state index contributed by atoms with van der Waals surface area (Å²) in [4.78, 5) is 17.3. The molecule has 0 aliphatic heterocycles. The van der Waals surface area contributed by atoms with E-state index in [4.69, 9.17) is 4.52 Å². The van der Waals surface area contributed by atoms with Gasteiger partial charge in [-0.15, -0.1) is 11.8 Å². The highest BCUT2D eigenvalue weighted by Gasteiger charge is 2.10. The second-order valence-electron chi connectivity index (χ2n) is 5.40. The number of rotatable bonds is 6. The quantitative estimate of drug-likeness (QED) is 0.608. The molecule has 0 saturated heterocycles. The van der Waals surface area contributed by atoms with Crippen molar-refractivity contribution in [1.82, 2.24) is 15.5 Å². The smallest absolute Gasteiger partial charge is 0.246 e. The van der Waals surface area contributed by atoms with Gasteiger partial charge in [-0.3, -0.25) is 4.79 Å². The number of benzene rings is 2. The van der Waals surface area contributed by atoms with Crippen molar-refractivity contribution in [3.05, 3.63) is 64.5 Å². The van der Waals surface area contributed by atoms with E-state index in [2.05, 4.69) is 31.4 Å². The minimum atomic E-state index is -0.0761. The number of nitrogens with zero attached hydrogens (tertiary/aromatic N) is 2. The Hall–Kier alpha value is -2.12. The van der Waals surface area contributed by atoms with E-state index < -0.39 is 0 Å². The first-order chi connectivity index (χ1) is 12.1. The third-order valence-corrected chi connectivity index (χ3v) is 4.88. The van der Waals surface area contributed by atoms with Crippen LogP contribution >= 0.6 is 27.7 Å². The van der Waals surface area contributed by atoms with Gasteiger partial charge in [0.15, 0.2) is 0 Å². The molecular formula is C18H16BrN3O2S. The molecule has 1 N–H and O–H groups in total. The van der Waals surface area contributed by atoms with Crippen LogP contribution in [0.1, 0.15) is 11.5 Å². The van der Waals surface area contributed by atoms with Crippen LogP contribution in [0.25, 0.3) is 11.4 Å². The van der Waals surface area contributed by atoms with Gasteiger partial charge in [-0.05, 0) is 31.2 Å². The van der Waals surface area contributed by atoms with E-state index in [1.54, 1.807) is 0 Å². The number of hydrogen-bond donors (Lipinski definition) is 1. The maximum atomic E-state index is 12.0. The topological polar surface area (TPSA) is 68.0 Å². The lowest BCUT2D eigenvalue weighted by molar-refractivity contribution is -0.118. The Kier molecular flexibility index (Phi) is 5.88. The molecule has 3 rings (SSSR count). The summed E-state index contributed by atoms with van der Waals surface area (Å²) >= 11 is 4.90. The number of aryl methyl sites for hydroxylation is 1. The fraction of sp³-hybridized carbons (Fsp3) is 0.167. The van der Waals surface area contributed by atoms with Crippen LogP contribution < -0.4 is 5.32 Å². The van der Waals surface area contributed by atoms with E-state index in [0.29, 0.717) is 17.5 Å². The Morgan fingerprint density at radius 2 is 2.04 bits per heavy atom. The predicted molar refractivity (Wildman–Crippen MR) is 101 cm³/mol. The van der Waals surface area contributed by atoms with E-state index in [0.717, 1.165) is 14.9 Å². The first-order valence-corrected chi connectivity index (χ1v) is 9.43. The molecular weight excluding hydrogens is 402 g/mol. The Morgan fingerprint density at radius 3 is 2.80 bits per heavy atom. The molecule has 0 aliphatic rings. The molecule has 1 heterocycles. The number of carbonyl (C=O) groups is 1. The summed E-state index contributed by atoms with van der Waals surface area (Å²) in [5.41, 5.74) is 2.05. The van der Waals surface area contributed by atoms with E-state index in [-0.39, 0.29) is 12.5 Å². The lowest BCUT2D eigenvalue weighted by atomic mass is 10.2. The van der Waals surface area contributed by atoms with Crippen LogP contribution in [0.4, 0.5) is 0 Å². The van der Waals surface area contributed by atoms with Gasteiger partial charge in [0.05, 0.1) is 12.3 Å². The molecule has 0 unspecified atom stereocenters.